The lowest BCUT2D eigenvalue weighted by atomic mass is 10.2. The van der Waals surface area contributed by atoms with Gasteiger partial charge in [0.1, 0.15) is 5.69 Å². The van der Waals surface area contributed by atoms with E-state index in [2.05, 4.69) is 5.32 Å². The molecule has 0 saturated carbocycles. The molecule has 9 nitrogen and oxygen atoms in total. The normalized spacial score (nSPS) is 11.2. The van der Waals surface area contributed by atoms with Crippen molar-refractivity contribution in [3.63, 3.8) is 0 Å². The standard InChI is InChI=1S/C20H22N2O7/c1-3-27-17-10-6-7-11-18(17)28-13-12-19(23)29-14(2)20(24)21-15-8-4-5-9-16(15)22(25)26/h4-11,14H,3,12-13H2,1-2H3,(H,21,24)/t14-/m1/s1. The lowest BCUT2D eigenvalue weighted by Crippen LogP contribution is -2.30. The molecule has 29 heavy (non-hydrogen) atoms. The summed E-state index contributed by atoms with van der Waals surface area (Å²) in [5.74, 6) is -0.232. The van der Waals surface area contributed by atoms with E-state index in [1.54, 1.807) is 24.3 Å². The van der Waals surface area contributed by atoms with Crippen LogP contribution in [0.3, 0.4) is 0 Å². The summed E-state index contributed by atoms with van der Waals surface area (Å²) >= 11 is 0. The molecule has 2 rings (SSSR count). The first-order chi connectivity index (χ1) is 13.9. The Morgan fingerprint density at radius 2 is 1.69 bits per heavy atom. The summed E-state index contributed by atoms with van der Waals surface area (Å²) in [4.78, 5) is 34.5. The molecule has 0 aliphatic heterocycles. The van der Waals surface area contributed by atoms with Crippen molar-refractivity contribution in [3.05, 3.63) is 58.6 Å². The molecule has 1 atom stereocenters. The summed E-state index contributed by atoms with van der Waals surface area (Å²) in [6, 6.07) is 12.8. The van der Waals surface area contributed by atoms with Crippen molar-refractivity contribution in [2.24, 2.45) is 0 Å². The molecular formula is C20H22N2O7. The molecule has 1 amide bonds. The molecule has 0 unspecified atom stereocenters. The van der Waals surface area contributed by atoms with Crippen LogP contribution in [-0.2, 0) is 14.3 Å². The van der Waals surface area contributed by atoms with Gasteiger partial charge in [0.15, 0.2) is 17.6 Å². The molecular weight excluding hydrogens is 380 g/mol. The minimum absolute atomic E-state index is 0.0289. The van der Waals surface area contributed by atoms with Crippen LogP contribution in [0.4, 0.5) is 11.4 Å². The minimum atomic E-state index is -1.13. The van der Waals surface area contributed by atoms with Crippen LogP contribution in [-0.4, -0.2) is 36.1 Å². The average molecular weight is 402 g/mol. The van der Waals surface area contributed by atoms with Crippen molar-refractivity contribution in [1.82, 2.24) is 0 Å². The van der Waals surface area contributed by atoms with E-state index in [0.29, 0.717) is 18.1 Å². The Hall–Kier alpha value is -3.62. The molecule has 154 valence electrons. The number of nitro benzene ring substituents is 1. The molecule has 0 bridgehead atoms. The van der Waals surface area contributed by atoms with Crippen molar-refractivity contribution in [2.75, 3.05) is 18.5 Å². The third-order valence-corrected chi connectivity index (χ3v) is 3.75. The van der Waals surface area contributed by atoms with Crippen LogP contribution < -0.4 is 14.8 Å². The van der Waals surface area contributed by atoms with Crippen LogP contribution in [0.5, 0.6) is 11.5 Å². The summed E-state index contributed by atoms with van der Waals surface area (Å²) in [5, 5.41) is 13.4. The number of carbonyl (C=O) groups is 2. The Morgan fingerprint density at radius 3 is 2.34 bits per heavy atom. The number of nitrogens with one attached hydrogen (secondary N) is 1. The number of hydrogen-bond acceptors (Lipinski definition) is 7. The van der Waals surface area contributed by atoms with Crippen LogP contribution in [0.2, 0.25) is 0 Å². The SMILES string of the molecule is CCOc1ccccc1OCCC(=O)O[C@H](C)C(=O)Nc1ccccc1[N+](=O)[O-]. The highest BCUT2D eigenvalue weighted by atomic mass is 16.6. The predicted octanol–water partition coefficient (Wildman–Crippen LogP) is 3.33. The van der Waals surface area contributed by atoms with E-state index in [1.165, 1.54) is 25.1 Å². The number of hydrogen-bond donors (Lipinski definition) is 1. The maximum atomic E-state index is 12.2. The summed E-state index contributed by atoms with van der Waals surface area (Å²) < 4.78 is 16.0. The van der Waals surface area contributed by atoms with Crippen LogP contribution in [0.15, 0.2) is 48.5 Å². The zero-order chi connectivity index (χ0) is 21.2. The average Bonchev–Trinajstić information content (AvgIpc) is 2.69. The number of nitro groups is 1. The van der Waals surface area contributed by atoms with E-state index in [9.17, 15) is 19.7 Å². The van der Waals surface area contributed by atoms with Crippen molar-refractivity contribution in [1.29, 1.82) is 0 Å². The Morgan fingerprint density at radius 1 is 1.07 bits per heavy atom. The van der Waals surface area contributed by atoms with Gasteiger partial charge in [-0.25, -0.2) is 0 Å². The van der Waals surface area contributed by atoms with Crippen LogP contribution in [0, 0.1) is 10.1 Å². The fourth-order valence-corrected chi connectivity index (χ4v) is 2.37. The van der Waals surface area contributed by atoms with E-state index >= 15 is 0 Å². The lowest BCUT2D eigenvalue weighted by molar-refractivity contribution is -0.383. The Kier molecular flexibility index (Phi) is 7.96. The molecule has 1 N–H and O–H groups in total. The summed E-state index contributed by atoms with van der Waals surface area (Å²) in [7, 11) is 0. The number of para-hydroxylation sites is 4. The van der Waals surface area contributed by atoms with E-state index in [0.717, 1.165) is 0 Å². The molecule has 2 aromatic rings. The van der Waals surface area contributed by atoms with E-state index in [1.807, 2.05) is 13.0 Å². The van der Waals surface area contributed by atoms with Gasteiger partial charge in [0.05, 0.1) is 24.6 Å². The van der Waals surface area contributed by atoms with Crippen molar-refractivity contribution in [2.45, 2.75) is 26.4 Å². The Labute approximate surface area is 167 Å². The highest BCUT2D eigenvalue weighted by molar-refractivity contribution is 5.96. The number of esters is 1. The molecule has 0 radical (unpaired) electrons. The first-order valence-corrected chi connectivity index (χ1v) is 9.00. The van der Waals surface area contributed by atoms with E-state index in [-0.39, 0.29) is 24.4 Å². The van der Waals surface area contributed by atoms with Gasteiger partial charge in [-0.2, -0.15) is 0 Å². The maximum Gasteiger partial charge on any atom is 0.310 e. The topological polar surface area (TPSA) is 117 Å². The fraction of sp³-hybridized carbons (Fsp3) is 0.300. The summed E-state index contributed by atoms with van der Waals surface area (Å²) in [6.45, 7) is 3.76. The highest BCUT2D eigenvalue weighted by Gasteiger charge is 2.21. The Balaban J connectivity index is 1.83. The second-order valence-electron chi connectivity index (χ2n) is 5.87. The van der Waals surface area contributed by atoms with Gasteiger partial charge >= 0.3 is 5.97 Å². The van der Waals surface area contributed by atoms with E-state index < -0.39 is 22.9 Å². The molecule has 0 aromatic heterocycles. The smallest absolute Gasteiger partial charge is 0.310 e. The third kappa shape index (κ3) is 6.49. The molecule has 2 aromatic carbocycles. The number of carbonyl (C=O) groups excluding carboxylic acids is 2. The molecule has 0 saturated heterocycles. The monoisotopic (exact) mass is 402 g/mol. The van der Waals surface area contributed by atoms with Gasteiger partial charge in [0.2, 0.25) is 0 Å². The zero-order valence-electron chi connectivity index (χ0n) is 16.1. The first kappa shape index (κ1) is 21.7. The van der Waals surface area contributed by atoms with Gasteiger partial charge in [-0.1, -0.05) is 24.3 Å². The van der Waals surface area contributed by atoms with Crippen molar-refractivity contribution < 1.29 is 28.7 Å². The molecule has 0 heterocycles. The van der Waals surface area contributed by atoms with Gasteiger partial charge in [-0.3, -0.25) is 19.7 Å². The van der Waals surface area contributed by atoms with Gasteiger partial charge < -0.3 is 19.5 Å². The second-order valence-corrected chi connectivity index (χ2v) is 5.87. The van der Waals surface area contributed by atoms with Gasteiger partial charge in [-0.05, 0) is 32.0 Å². The van der Waals surface area contributed by atoms with Crippen LogP contribution in [0.25, 0.3) is 0 Å². The number of nitrogens with zero attached hydrogens (tertiary/aromatic N) is 1. The van der Waals surface area contributed by atoms with Gasteiger partial charge in [0, 0.05) is 6.07 Å². The van der Waals surface area contributed by atoms with Crippen LogP contribution >= 0.6 is 0 Å². The van der Waals surface area contributed by atoms with Gasteiger partial charge in [0.25, 0.3) is 11.6 Å². The molecule has 0 aliphatic rings. The summed E-state index contributed by atoms with van der Waals surface area (Å²) in [5.41, 5.74) is -0.220. The summed E-state index contributed by atoms with van der Waals surface area (Å²) in [6.07, 6.45) is -1.21. The molecule has 0 spiro atoms. The predicted molar refractivity (Wildman–Crippen MR) is 105 cm³/mol. The maximum absolute atomic E-state index is 12.2. The van der Waals surface area contributed by atoms with E-state index in [4.69, 9.17) is 14.2 Å². The number of amides is 1. The van der Waals surface area contributed by atoms with Crippen molar-refractivity contribution >= 4 is 23.3 Å². The minimum Gasteiger partial charge on any atom is -0.490 e. The third-order valence-electron chi connectivity index (χ3n) is 3.75. The van der Waals surface area contributed by atoms with Gasteiger partial charge in [-0.15, -0.1) is 0 Å². The van der Waals surface area contributed by atoms with Crippen molar-refractivity contribution in [3.8, 4) is 11.5 Å². The zero-order valence-corrected chi connectivity index (χ0v) is 16.1. The Bertz CT molecular complexity index is 869. The number of benzene rings is 2. The number of rotatable bonds is 10. The molecule has 0 fully saturated rings. The highest BCUT2D eigenvalue weighted by Crippen LogP contribution is 2.26. The quantitative estimate of drug-likeness (QED) is 0.368. The number of anilines is 1. The lowest BCUT2D eigenvalue weighted by Gasteiger charge is -2.14. The second kappa shape index (κ2) is 10.6. The number of ether oxygens (including phenoxy) is 3. The van der Waals surface area contributed by atoms with Crippen LogP contribution in [0.1, 0.15) is 20.3 Å². The molecule has 0 aliphatic carbocycles. The fourth-order valence-electron chi connectivity index (χ4n) is 2.37. The first-order valence-electron chi connectivity index (χ1n) is 9.00. The largest absolute Gasteiger partial charge is 0.490 e. The molecule has 9 heteroatoms.